The van der Waals surface area contributed by atoms with Crippen molar-refractivity contribution in [1.82, 2.24) is 5.32 Å². The molecule has 3 unspecified atom stereocenters. The van der Waals surface area contributed by atoms with Gasteiger partial charge in [-0.15, -0.1) is 0 Å². The molecule has 1 aromatic carbocycles. The summed E-state index contributed by atoms with van der Waals surface area (Å²) in [5.74, 6) is -1.99. The van der Waals surface area contributed by atoms with Crippen LogP contribution in [0.15, 0.2) is 18.2 Å². The molecule has 0 spiro atoms. The van der Waals surface area contributed by atoms with E-state index in [1.54, 1.807) is 0 Å². The molecule has 0 aliphatic heterocycles. The first kappa shape index (κ1) is 17.9. The van der Waals surface area contributed by atoms with Gasteiger partial charge in [0.2, 0.25) is 5.91 Å². The molecule has 128 valence electrons. The molecular formula is C18H25F2NO2. The van der Waals surface area contributed by atoms with E-state index in [9.17, 15) is 18.7 Å². The van der Waals surface area contributed by atoms with Gasteiger partial charge in [-0.1, -0.05) is 33.8 Å². The van der Waals surface area contributed by atoms with Crippen molar-refractivity contribution >= 4 is 5.91 Å². The number of hydrogen-bond acceptors (Lipinski definition) is 2. The Balaban J connectivity index is 1.90. The van der Waals surface area contributed by atoms with Crippen LogP contribution in [0.4, 0.5) is 8.78 Å². The molecule has 1 fully saturated rings. The van der Waals surface area contributed by atoms with Crippen LogP contribution in [0.25, 0.3) is 0 Å². The first-order valence-electron chi connectivity index (χ1n) is 8.04. The second-order valence-electron chi connectivity index (χ2n) is 7.52. The first-order chi connectivity index (χ1) is 10.6. The molecule has 0 heterocycles. The molecule has 0 bridgehead atoms. The molecule has 2 N–H and O–H groups in total. The van der Waals surface area contributed by atoms with Crippen molar-refractivity contribution in [3.05, 3.63) is 35.4 Å². The van der Waals surface area contributed by atoms with Crippen LogP contribution < -0.4 is 5.32 Å². The number of halogens is 2. The summed E-state index contributed by atoms with van der Waals surface area (Å²) in [6.07, 6.45) is 0.133. The highest BCUT2D eigenvalue weighted by Gasteiger charge is 2.44. The number of aliphatic hydroxyl groups is 1. The third kappa shape index (κ3) is 4.08. The summed E-state index contributed by atoms with van der Waals surface area (Å²) in [6, 6.07) is 3.79. The molecule has 5 heteroatoms. The van der Waals surface area contributed by atoms with Gasteiger partial charge in [-0.2, -0.15) is 0 Å². The highest BCUT2D eigenvalue weighted by molar-refractivity contribution is 5.82. The van der Waals surface area contributed by atoms with Gasteiger partial charge < -0.3 is 10.4 Å². The van der Waals surface area contributed by atoms with Gasteiger partial charge in [0.05, 0.1) is 6.10 Å². The molecule has 23 heavy (non-hydrogen) atoms. The van der Waals surface area contributed by atoms with E-state index in [-0.39, 0.29) is 23.7 Å². The molecule has 0 saturated heterocycles. The molecule has 1 saturated carbocycles. The monoisotopic (exact) mass is 325 g/mol. The maximum atomic E-state index is 13.3. The zero-order valence-corrected chi connectivity index (χ0v) is 14.1. The van der Waals surface area contributed by atoms with E-state index < -0.39 is 23.2 Å². The normalized spacial score (nSPS) is 22.1. The summed E-state index contributed by atoms with van der Waals surface area (Å²) in [4.78, 5) is 12.2. The number of amides is 1. The Morgan fingerprint density at radius 3 is 2.57 bits per heavy atom. The zero-order valence-electron chi connectivity index (χ0n) is 14.1. The number of rotatable bonds is 6. The Kier molecular flexibility index (Phi) is 5.09. The second-order valence-corrected chi connectivity index (χ2v) is 7.52. The molecule has 1 aliphatic carbocycles. The minimum Gasteiger partial charge on any atom is -0.392 e. The Hall–Kier alpha value is -1.49. The van der Waals surface area contributed by atoms with Crippen molar-refractivity contribution in [2.45, 2.75) is 46.1 Å². The van der Waals surface area contributed by atoms with Crippen LogP contribution in [0.2, 0.25) is 0 Å². The number of carbonyl (C=O) groups excluding carboxylic acids is 1. The predicted octanol–water partition coefficient (Wildman–Crippen LogP) is 3.23. The number of nitrogens with one attached hydrogen (secondary N) is 1. The van der Waals surface area contributed by atoms with Gasteiger partial charge in [-0.3, -0.25) is 4.79 Å². The molecule has 0 aromatic heterocycles. The average Bonchev–Trinajstić information content (AvgIpc) is 3.27. The van der Waals surface area contributed by atoms with Crippen molar-refractivity contribution in [2.75, 3.05) is 6.54 Å². The number of carbonyl (C=O) groups is 1. The molecule has 2 rings (SSSR count). The fraction of sp³-hybridized carbons (Fsp3) is 0.611. The third-order valence-electron chi connectivity index (χ3n) is 4.65. The minimum absolute atomic E-state index is 0.0526. The largest absolute Gasteiger partial charge is 0.392 e. The molecule has 3 nitrogen and oxygen atoms in total. The van der Waals surface area contributed by atoms with E-state index in [0.29, 0.717) is 18.5 Å². The van der Waals surface area contributed by atoms with Crippen LogP contribution in [0, 0.1) is 28.9 Å². The van der Waals surface area contributed by atoms with Crippen LogP contribution in [0.3, 0.4) is 0 Å². The fourth-order valence-corrected chi connectivity index (χ4v) is 3.05. The van der Waals surface area contributed by atoms with Crippen molar-refractivity contribution in [3.63, 3.8) is 0 Å². The predicted molar refractivity (Wildman–Crippen MR) is 84.8 cm³/mol. The lowest BCUT2D eigenvalue weighted by atomic mass is 9.80. The number of benzene rings is 1. The standard InChI is InChI=1S/C18H25F2NO2/c1-10(2)16(22)18(3,4)9-21-17(23)13-8-12(13)11-5-6-14(19)15(20)7-11/h5-7,10,12-13,16,22H,8-9H2,1-4H3,(H,21,23). The lowest BCUT2D eigenvalue weighted by molar-refractivity contribution is -0.123. The lowest BCUT2D eigenvalue weighted by Gasteiger charge is -2.33. The second kappa shape index (κ2) is 6.56. The third-order valence-corrected chi connectivity index (χ3v) is 4.65. The smallest absolute Gasteiger partial charge is 0.223 e. The summed E-state index contributed by atoms with van der Waals surface area (Å²) in [6.45, 7) is 8.09. The summed E-state index contributed by atoms with van der Waals surface area (Å²) in [7, 11) is 0. The zero-order chi connectivity index (χ0) is 17.4. The quantitative estimate of drug-likeness (QED) is 0.844. The SMILES string of the molecule is CC(C)C(O)C(C)(C)CNC(=O)C1CC1c1ccc(F)c(F)c1. The number of aliphatic hydroxyl groups excluding tert-OH is 1. The average molecular weight is 325 g/mol. The van der Waals surface area contributed by atoms with Crippen LogP contribution in [0.5, 0.6) is 0 Å². The van der Waals surface area contributed by atoms with Gasteiger partial charge in [0, 0.05) is 17.9 Å². The van der Waals surface area contributed by atoms with Gasteiger partial charge in [-0.25, -0.2) is 8.78 Å². The Labute approximate surface area is 136 Å². The molecule has 1 aliphatic rings. The highest BCUT2D eigenvalue weighted by Crippen LogP contribution is 2.47. The maximum absolute atomic E-state index is 13.3. The minimum atomic E-state index is -0.880. The summed E-state index contributed by atoms with van der Waals surface area (Å²) < 4.78 is 26.2. The van der Waals surface area contributed by atoms with Gasteiger partial charge in [0.15, 0.2) is 11.6 Å². The fourth-order valence-electron chi connectivity index (χ4n) is 3.05. The topological polar surface area (TPSA) is 49.3 Å². The summed E-state index contributed by atoms with van der Waals surface area (Å²) in [5.41, 5.74) is 0.237. The van der Waals surface area contributed by atoms with E-state index in [4.69, 9.17) is 0 Å². The van der Waals surface area contributed by atoms with E-state index in [1.807, 2.05) is 27.7 Å². The van der Waals surface area contributed by atoms with E-state index in [2.05, 4.69) is 5.32 Å². The van der Waals surface area contributed by atoms with Crippen LogP contribution in [0.1, 0.15) is 45.6 Å². The summed E-state index contributed by atoms with van der Waals surface area (Å²) in [5, 5.41) is 13.1. The van der Waals surface area contributed by atoms with E-state index >= 15 is 0 Å². The van der Waals surface area contributed by atoms with Crippen LogP contribution in [-0.2, 0) is 4.79 Å². The molecule has 1 aromatic rings. The Bertz CT molecular complexity index is 586. The van der Waals surface area contributed by atoms with Gasteiger partial charge in [0.1, 0.15) is 0 Å². The molecule has 1 amide bonds. The van der Waals surface area contributed by atoms with Crippen molar-refractivity contribution < 1.29 is 18.7 Å². The van der Waals surface area contributed by atoms with Crippen molar-refractivity contribution in [1.29, 1.82) is 0 Å². The Morgan fingerprint density at radius 2 is 2.00 bits per heavy atom. The van der Waals surface area contributed by atoms with Crippen LogP contribution in [-0.4, -0.2) is 23.7 Å². The van der Waals surface area contributed by atoms with Crippen molar-refractivity contribution in [2.24, 2.45) is 17.3 Å². The maximum Gasteiger partial charge on any atom is 0.223 e. The van der Waals surface area contributed by atoms with Gasteiger partial charge in [0.25, 0.3) is 0 Å². The number of hydrogen-bond donors (Lipinski definition) is 2. The van der Waals surface area contributed by atoms with Crippen molar-refractivity contribution in [3.8, 4) is 0 Å². The Morgan fingerprint density at radius 1 is 1.35 bits per heavy atom. The lowest BCUT2D eigenvalue weighted by Crippen LogP contribution is -2.44. The molecule has 0 radical (unpaired) electrons. The van der Waals surface area contributed by atoms with E-state index in [1.165, 1.54) is 12.1 Å². The summed E-state index contributed by atoms with van der Waals surface area (Å²) >= 11 is 0. The molecular weight excluding hydrogens is 300 g/mol. The van der Waals surface area contributed by atoms with Gasteiger partial charge in [-0.05, 0) is 36.0 Å². The molecule has 3 atom stereocenters. The highest BCUT2D eigenvalue weighted by atomic mass is 19.2. The van der Waals surface area contributed by atoms with E-state index in [0.717, 1.165) is 6.07 Å². The van der Waals surface area contributed by atoms with Gasteiger partial charge >= 0.3 is 0 Å². The van der Waals surface area contributed by atoms with Crippen LogP contribution >= 0.6 is 0 Å². The first-order valence-corrected chi connectivity index (χ1v) is 8.04.